The van der Waals surface area contributed by atoms with Crippen LogP contribution in [-0.2, 0) is 0 Å². The summed E-state index contributed by atoms with van der Waals surface area (Å²) in [6.45, 7) is 4.76. The summed E-state index contributed by atoms with van der Waals surface area (Å²) in [6, 6.07) is 13.2. The Balaban J connectivity index is 0.00000264. The van der Waals surface area contributed by atoms with Crippen LogP contribution in [0.15, 0.2) is 42.5 Å². The Morgan fingerprint density at radius 3 is 2.48 bits per heavy atom. The molecule has 5 heteroatoms. The molecular formula is C18H19ClLiO2P. The Hall–Kier alpha value is -0.773. The molecule has 2 nitrogen and oxygen atoms in total. The van der Waals surface area contributed by atoms with Crippen molar-refractivity contribution in [2.45, 2.75) is 26.7 Å². The predicted molar refractivity (Wildman–Crippen MR) is 93.9 cm³/mol. The van der Waals surface area contributed by atoms with Crippen LogP contribution < -0.4 is 28.9 Å². The van der Waals surface area contributed by atoms with Gasteiger partial charge in [0.05, 0.1) is 6.61 Å². The SMILES string of the molecule is CCCCOc1ccc([P-]C(=O)c2c(C)cccc2Cl)cc1.[Li+]. The minimum atomic E-state index is 0. The number of halogens is 1. The topological polar surface area (TPSA) is 26.3 Å². The van der Waals surface area contributed by atoms with E-state index in [-0.39, 0.29) is 24.4 Å². The van der Waals surface area contributed by atoms with Crippen molar-refractivity contribution in [3.05, 3.63) is 58.6 Å². The summed E-state index contributed by atoms with van der Waals surface area (Å²) in [4.78, 5) is 12.4. The number of carbonyl (C=O) groups is 1. The zero-order valence-electron chi connectivity index (χ0n) is 13.8. The average Bonchev–Trinajstić information content (AvgIpc) is 2.49. The number of rotatable bonds is 7. The maximum Gasteiger partial charge on any atom is 1.00 e. The molecule has 0 aromatic heterocycles. The first-order valence-electron chi connectivity index (χ1n) is 7.36. The van der Waals surface area contributed by atoms with Crippen LogP contribution >= 0.6 is 20.2 Å². The average molecular weight is 341 g/mol. The van der Waals surface area contributed by atoms with E-state index in [0.717, 1.165) is 36.1 Å². The van der Waals surface area contributed by atoms with Gasteiger partial charge in [-0.25, -0.2) is 0 Å². The molecule has 0 saturated heterocycles. The van der Waals surface area contributed by atoms with Crippen LogP contribution in [0.3, 0.4) is 0 Å². The molecule has 0 heterocycles. The van der Waals surface area contributed by atoms with Crippen LogP contribution in [0.1, 0.15) is 35.7 Å². The van der Waals surface area contributed by atoms with E-state index in [2.05, 4.69) is 6.92 Å². The maximum atomic E-state index is 12.4. The van der Waals surface area contributed by atoms with Crippen molar-refractivity contribution in [3.8, 4) is 5.75 Å². The molecule has 0 N–H and O–H groups in total. The Bertz CT molecular complexity index is 624. The molecule has 2 aromatic rings. The minimum Gasteiger partial charge on any atom is -0.494 e. The second-order valence-corrected chi connectivity index (χ2v) is 6.60. The van der Waals surface area contributed by atoms with Gasteiger partial charge in [0.25, 0.3) is 0 Å². The fourth-order valence-corrected chi connectivity index (χ4v) is 3.34. The van der Waals surface area contributed by atoms with Gasteiger partial charge in [-0.05, 0) is 37.1 Å². The van der Waals surface area contributed by atoms with Gasteiger partial charge >= 0.3 is 18.9 Å². The van der Waals surface area contributed by atoms with Crippen molar-refractivity contribution in [2.24, 2.45) is 0 Å². The molecule has 0 aliphatic heterocycles. The van der Waals surface area contributed by atoms with E-state index in [4.69, 9.17) is 16.3 Å². The molecule has 0 atom stereocenters. The molecule has 0 unspecified atom stereocenters. The van der Waals surface area contributed by atoms with Crippen molar-refractivity contribution >= 4 is 31.0 Å². The summed E-state index contributed by atoms with van der Waals surface area (Å²) in [6.07, 6.45) is 2.16. The van der Waals surface area contributed by atoms with Crippen molar-refractivity contribution < 1.29 is 28.4 Å². The second-order valence-electron chi connectivity index (χ2n) is 5.04. The Morgan fingerprint density at radius 1 is 1.17 bits per heavy atom. The predicted octanol–water partition coefficient (Wildman–Crippen LogP) is 2.24. The fraction of sp³-hybridized carbons (Fsp3) is 0.278. The summed E-state index contributed by atoms with van der Waals surface area (Å²) in [5.74, 6) is 0.841. The Kier molecular flexibility index (Phi) is 8.96. The van der Waals surface area contributed by atoms with E-state index < -0.39 is 0 Å². The van der Waals surface area contributed by atoms with Crippen molar-refractivity contribution in [3.63, 3.8) is 0 Å². The van der Waals surface area contributed by atoms with Gasteiger partial charge in [0.1, 0.15) is 5.75 Å². The van der Waals surface area contributed by atoms with Gasteiger partial charge in [-0.2, -0.15) is 5.30 Å². The van der Waals surface area contributed by atoms with E-state index in [9.17, 15) is 4.79 Å². The summed E-state index contributed by atoms with van der Waals surface area (Å²) in [5.41, 5.74) is 1.53. The number of hydrogen-bond acceptors (Lipinski definition) is 2. The van der Waals surface area contributed by atoms with Gasteiger partial charge in [0, 0.05) is 16.1 Å². The normalized spacial score (nSPS) is 10.6. The molecular weight excluding hydrogens is 322 g/mol. The molecule has 0 amide bonds. The van der Waals surface area contributed by atoms with Gasteiger partial charge in [-0.3, -0.25) is 0 Å². The largest absolute Gasteiger partial charge is 1.00 e. The quantitative estimate of drug-likeness (QED) is 0.439. The second kappa shape index (κ2) is 10.2. The van der Waals surface area contributed by atoms with Gasteiger partial charge < -0.3 is 18.1 Å². The molecule has 2 aromatic carbocycles. The number of aryl methyl sites for hydroxylation is 1. The van der Waals surface area contributed by atoms with Crippen LogP contribution in [0.25, 0.3) is 0 Å². The summed E-state index contributed by atoms with van der Waals surface area (Å²) in [7, 11) is 0.626. The molecule has 0 fully saturated rings. The first-order valence-corrected chi connectivity index (χ1v) is 8.63. The zero-order chi connectivity index (χ0) is 15.9. The molecule has 116 valence electrons. The zero-order valence-corrected chi connectivity index (χ0v) is 15.5. The summed E-state index contributed by atoms with van der Waals surface area (Å²) < 4.78 is 5.62. The number of ether oxygens (including phenoxy) is 1. The molecule has 0 radical (unpaired) electrons. The molecule has 2 rings (SSSR count). The number of benzene rings is 2. The van der Waals surface area contributed by atoms with Crippen LogP contribution in [0.4, 0.5) is 0 Å². The third-order valence-electron chi connectivity index (χ3n) is 3.27. The maximum absolute atomic E-state index is 12.4. The molecule has 0 spiro atoms. The van der Waals surface area contributed by atoms with Gasteiger partial charge in [-0.15, -0.1) is 0 Å². The molecule has 0 aliphatic rings. The first-order chi connectivity index (χ1) is 10.6. The summed E-state index contributed by atoms with van der Waals surface area (Å²) in [5, 5.41) is 1.45. The Labute approximate surface area is 156 Å². The number of unbranched alkanes of at least 4 members (excludes halogenated alkanes) is 1. The van der Waals surface area contributed by atoms with Crippen molar-refractivity contribution in [2.75, 3.05) is 6.61 Å². The van der Waals surface area contributed by atoms with E-state index >= 15 is 0 Å². The van der Waals surface area contributed by atoms with Gasteiger partial charge in [0.15, 0.2) is 0 Å². The molecule has 0 saturated carbocycles. The van der Waals surface area contributed by atoms with Crippen molar-refractivity contribution in [1.82, 2.24) is 0 Å². The van der Waals surface area contributed by atoms with Crippen LogP contribution in [0.5, 0.6) is 5.75 Å². The fourth-order valence-electron chi connectivity index (χ4n) is 2.03. The van der Waals surface area contributed by atoms with Crippen LogP contribution in [-0.4, -0.2) is 12.1 Å². The van der Waals surface area contributed by atoms with Crippen LogP contribution in [0.2, 0.25) is 5.02 Å². The smallest absolute Gasteiger partial charge is 0.494 e. The van der Waals surface area contributed by atoms with Gasteiger partial charge in [-0.1, -0.05) is 49.2 Å². The van der Waals surface area contributed by atoms with Crippen LogP contribution in [0, 0.1) is 6.92 Å². The van der Waals surface area contributed by atoms with E-state index in [1.165, 1.54) is 0 Å². The third-order valence-corrected chi connectivity index (χ3v) is 4.57. The van der Waals surface area contributed by atoms with Gasteiger partial charge in [0.2, 0.25) is 0 Å². The molecule has 0 bridgehead atoms. The van der Waals surface area contributed by atoms with E-state index in [1.807, 2.05) is 43.3 Å². The first kappa shape index (κ1) is 20.3. The standard InChI is InChI=1S/C18H19ClO2P.Li/c1-3-4-12-21-14-8-10-15(11-9-14)22-18(20)17-13(2)6-5-7-16(17)19;/h5-11H,3-4,12H2,1-2H3;/q-1;+1. The molecule has 23 heavy (non-hydrogen) atoms. The Morgan fingerprint density at radius 2 is 1.87 bits per heavy atom. The van der Waals surface area contributed by atoms with E-state index in [0.29, 0.717) is 19.2 Å². The van der Waals surface area contributed by atoms with E-state index in [1.54, 1.807) is 6.07 Å². The number of carbonyl (C=O) groups excluding carboxylic acids is 1. The minimum absolute atomic E-state index is 0. The molecule has 0 aliphatic carbocycles. The summed E-state index contributed by atoms with van der Waals surface area (Å²) >= 11 is 6.14. The number of hydrogen-bond donors (Lipinski definition) is 0. The van der Waals surface area contributed by atoms with Crippen molar-refractivity contribution in [1.29, 1.82) is 0 Å². The monoisotopic (exact) mass is 340 g/mol. The third kappa shape index (κ3) is 5.98.